The lowest BCUT2D eigenvalue weighted by Gasteiger charge is -2.50. The number of methoxy groups -OCH3 is 1. The molecule has 2 saturated heterocycles. The molecule has 0 N–H and O–H groups in total. The summed E-state index contributed by atoms with van der Waals surface area (Å²) in [4.78, 5) is 8.88. The third-order valence-electron chi connectivity index (χ3n) is 9.01. The Morgan fingerprint density at radius 3 is 2.54 bits per heavy atom. The number of benzene rings is 3. The number of ether oxygens (including phenoxy) is 6. The van der Waals surface area contributed by atoms with Crippen LogP contribution in [0.4, 0.5) is 8.78 Å². The predicted molar refractivity (Wildman–Crippen MR) is 208 cm³/mol. The van der Waals surface area contributed by atoms with Crippen LogP contribution < -0.4 is 9.47 Å². The summed E-state index contributed by atoms with van der Waals surface area (Å²) in [6, 6.07) is 21.6. The van der Waals surface area contributed by atoms with Gasteiger partial charge in [-0.2, -0.15) is 5.26 Å². The summed E-state index contributed by atoms with van der Waals surface area (Å²) in [6.07, 6.45) is -0.0489. The molecule has 0 amide bonds. The van der Waals surface area contributed by atoms with Crippen LogP contribution in [0.3, 0.4) is 0 Å². The van der Waals surface area contributed by atoms with Gasteiger partial charge in [-0.05, 0) is 41.5 Å². The third kappa shape index (κ3) is 9.59. The Balaban J connectivity index is 1.20. The van der Waals surface area contributed by atoms with Gasteiger partial charge in [-0.1, -0.05) is 77.6 Å². The second kappa shape index (κ2) is 18.5. The van der Waals surface area contributed by atoms with Gasteiger partial charge in [0.1, 0.15) is 58.9 Å². The first kappa shape index (κ1) is 40.2. The molecule has 7 rings (SSSR count). The molecule has 57 heavy (non-hydrogen) atoms. The summed E-state index contributed by atoms with van der Waals surface area (Å²) >= 11 is 8.85. The maximum atomic E-state index is 15.5. The minimum absolute atomic E-state index is 0.0666. The maximum absolute atomic E-state index is 15.5. The molecule has 12 nitrogen and oxygen atoms in total. The van der Waals surface area contributed by atoms with Crippen LogP contribution in [-0.2, 0) is 32.2 Å². The molecule has 6 atom stereocenters. The largest absolute Gasteiger partial charge is 0.497 e. The quantitative estimate of drug-likeness (QED) is 0.0786. The van der Waals surface area contributed by atoms with Crippen molar-refractivity contribution in [1.29, 1.82) is 5.26 Å². The average molecular weight is 833 g/mol. The molecule has 3 aromatic carbocycles. The van der Waals surface area contributed by atoms with Crippen LogP contribution in [0.1, 0.15) is 33.7 Å². The van der Waals surface area contributed by atoms with E-state index in [0.717, 1.165) is 29.5 Å². The molecule has 0 aliphatic carbocycles. The van der Waals surface area contributed by atoms with Gasteiger partial charge in [-0.25, -0.2) is 18.7 Å². The van der Waals surface area contributed by atoms with Crippen LogP contribution in [0, 0.1) is 23.0 Å². The van der Waals surface area contributed by atoms with E-state index in [2.05, 4.69) is 33.0 Å². The van der Waals surface area contributed by atoms with Crippen molar-refractivity contribution in [1.82, 2.24) is 15.0 Å². The molecule has 0 bridgehead atoms. The van der Waals surface area contributed by atoms with Gasteiger partial charge >= 0.3 is 0 Å². The first-order chi connectivity index (χ1) is 27.7. The first-order valence-electron chi connectivity index (χ1n) is 17.5. The molecule has 4 unspecified atom stereocenters. The molecule has 294 valence electrons. The Labute approximate surface area is 340 Å². The van der Waals surface area contributed by atoms with Gasteiger partial charge in [0.25, 0.3) is 0 Å². The van der Waals surface area contributed by atoms with Crippen molar-refractivity contribution in [3.63, 3.8) is 0 Å². The second-order valence-corrected chi connectivity index (χ2v) is 15.3. The van der Waals surface area contributed by atoms with Gasteiger partial charge in [0.05, 0.1) is 25.3 Å². The van der Waals surface area contributed by atoms with Crippen molar-refractivity contribution in [2.75, 3.05) is 20.8 Å². The number of pyridine rings is 1. The van der Waals surface area contributed by atoms with E-state index in [1.165, 1.54) is 17.5 Å². The smallest absolute Gasteiger partial charge is 0.191 e. The number of thioether (sulfide) groups is 1. The van der Waals surface area contributed by atoms with Gasteiger partial charge < -0.3 is 28.4 Å². The number of hydrogen-bond donors (Lipinski definition) is 0. The lowest BCUT2D eigenvalue weighted by molar-refractivity contribution is -0.313. The van der Waals surface area contributed by atoms with Crippen LogP contribution in [0.5, 0.6) is 11.5 Å². The Kier molecular flexibility index (Phi) is 13.1. The van der Waals surface area contributed by atoms with Crippen molar-refractivity contribution in [2.45, 2.75) is 54.2 Å². The minimum Gasteiger partial charge on any atom is -0.497 e. The second-order valence-electron chi connectivity index (χ2n) is 12.8. The lowest BCUT2D eigenvalue weighted by Crippen LogP contribution is -2.65. The van der Waals surface area contributed by atoms with E-state index in [1.807, 2.05) is 30.3 Å². The summed E-state index contributed by atoms with van der Waals surface area (Å²) in [5.74, 6) is -1.69. The zero-order valence-electron chi connectivity index (χ0n) is 30.5. The molecule has 17 heteroatoms. The van der Waals surface area contributed by atoms with E-state index in [4.69, 9.17) is 40.0 Å². The molecule has 0 spiro atoms. The van der Waals surface area contributed by atoms with Gasteiger partial charge in [-0.15, -0.1) is 16.5 Å². The number of likely N-dealkylation sites (N-methyl/N-ethyl adjacent to an activating group) is 1. The Hall–Kier alpha value is -4.99. The van der Waals surface area contributed by atoms with E-state index in [1.54, 1.807) is 61.1 Å². The highest BCUT2D eigenvalue weighted by Crippen LogP contribution is 2.43. The van der Waals surface area contributed by atoms with Crippen molar-refractivity contribution in [2.24, 2.45) is 10.3 Å². The molecular formula is C40H35ClF2N6O6S2. The highest BCUT2D eigenvalue weighted by molar-refractivity contribution is 7.99. The van der Waals surface area contributed by atoms with Crippen molar-refractivity contribution in [3.8, 4) is 17.6 Å². The highest BCUT2D eigenvalue weighted by atomic mass is 35.5. The molecule has 5 aromatic rings. The third-order valence-corrected chi connectivity index (χ3v) is 11.2. The minimum atomic E-state index is -0.939. The maximum Gasteiger partial charge on any atom is 0.191 e. The number of rotatable bonds is 14. The molecule has 2 aliphatic rings. The molecule has 0 saturated carbocycles. The number of aromatic nitrogens is 2. The zero-order valence-corrected chi connectivity index (χ0v) is 32.9. The van der Waals surface area contributed by atoms with E-state index in [0.29, 0.717) is 31.9 Å². The van der Waals surface area contributed by atoms with E-state index >= 15 is 8.78 Å². The van der Waals surface area contributed by atoms with Gasteiger partial charge in [0.2, 0.25) is 0 Å². The molecular weight excluding hydrogens is 798 g/mol. The van der Waals surface area contributed by atoms with Gasteiger partial charge in [0, 0.05) is 35.3 Å². The van der Waals surface area contributed by atoms with Crippen LogP contribution in [-0.4, -0.2) is 65.5 Å². The number of nitriles is 1. The normalized spacial score (nSPS) is 21.8. The molecule has 0 radical (unpaired) electrons. The van der Waals surface area contributed by atoms with Crippen LogP contribution in [0.15, 0.2) is 112 Å². The lowest BCUT2D eigenvalue weighted by atomic mass is 9.95. The first-order valence-corrected chi connectivity index (χ1v) is 19.6. The molecule has 2 fully saturated rings. The molecule has 4 heterocycles. The predicted octanol–water partition coefficient (Wildman–Crippen LogP) is 8.78. The summed E-state index contributed by atoms with van der Waals surface area (Å²) in [7, 11) is 3.25. The topological polar surface area (TPSA) is 133 Å². The van der Waals surface area contributed by atoms with Crippen LogP contribution in [0.25, 0.3) is 5.70 Å². The Morgan fingerprint density at radius 2 is 1.84 bits per heavy atom. The number of thiazole rings is 1. The van der Waals surface area contributed by atoms with E-state index < -0.39 is 53.5 Å². The Bertz CT molecular complexity index is 2210. The number of hydrogen-bond acceptors (Lipinski definition) is 13. The standard InChI is InChI=1S/C40H35ClF2N6O6S2/c1-23(38-45-13-14-56-38)47-48-49(2)34-36-32(22-53-39(55-36)26-7-5-4-6-8-26)54-40(57-33-17-27(41)19-46-31(33)18-44)37(34)52-21-25-15-29(42)35(30(43)16-25)51-20-24-9-11-28(50-3)12-10-24/h4-17,19,32,34,36-37,39-40H,1,20-22H2,2-3H3/t32?,34?,36-,37?,39?,40+/m0/s1. The summed E-state index contributed by atoms with van der Waals surface area (Å²) in [5.41, 5.74) is 1.25. The van der Waals surface area contributed by atoms with E-state index in [-0.39, 0.29) is 31.1 Å². The van der Waals surface area contributed by atoms with Crippen LogP contribution in [0.2, 0.25) is 5.02 Å². The van der Waals surface area contributed by atoms with Gasteiger partial charge in [0.15, 0.2) is 29.4 Å². The fraction of sp³-hybridized carbons (Fsp3) is 0.275. The fourth-order valence-electron chi connectivity index (χ4n) is 6.26. The number of fused-ring (bicyclic) bond motifs is 1. The Morgan fingerprint density at radius 1 is 1.07 bits per heavy atom. The van der Waals surface area contributed by atoms with Crippen molar-refractivity contribution < 1.29 is 37.2 Å². The fourth-order valence-corrected chi connectivity index (χ4v) is 8.26. The van der Waals surface area contributed by atoms with Crippen molar-refractivity contribution in [3.05, 3.63) is 141 Å². The number of halogens is 3. The van der Waals surface area contributed by atoms with Gasteiger partial charge in [-0.3, -0.25) is 5.01 Å². The zero-order chi connectivity index (χ0) is 39.9. The van der Waals surface area contributed by atoms with Crippen LogP contribution >= 0.6 is 34.7 Å². The summed E-state index contributed by atoms with van der Waals surface area (Å²) < 4.78 is 67.8. The summed E-state index contributed by atoms with van der Waals surface area (Å²) in [6.45, 7) is 3.82. The molecule has 2 aliphatic heterocycles. The highest BCUT2D eigenvalue weighted by Gasteiger charge is 2.53. The van der Waals surface area contributed by atoms with Crippen molar-refractivity contribution >= 4 is 40.4 Å². The average Bonchev–Trinajstić information content (AvgIpc) is 3.78. The monoisotopic (exact) mass is 832 g/mol. The number of nitrogens with zero attached hydrogens (tertiary/aromatic N) is 6. The van der Waals surface area contributed by atoms with E-state index in [9.17, 15) is 5.26 Å². The molecule has 2 aromatic heterocycles. The summed E-state index contributed by atoms with van der Waals surface area (Å²) in [5, 5.41) is 23.1. The SMILES string of the molecule is C=C(N=NN(C)C1C(OCc2cc(F)c(OCc3ccc(OC)cc3)c(F)c2)[C@@H](Sc2cc(Cl)cnc2C#N)OC2COC(c3ccccc3)O[C@@H]21)c1nccs1.